The van der Waals surface area contributed by atoms with E-state index in [-0.39, 0.29) is 19.5 Å². The number of hydrogen-bond donors (Lipinski definition) is 1. The summed E-state index contributed by atoms with van der Waals surface area (Å²) in [5.41, 5.74) is 0.530. The maximum absolute atomic E-state index is 12.0. The highest BCUT2D eigenvalue weighted by Crippen LogP contribution is 2.36. The minimum absolute atomic E-state index is 0.00844. The zero-order valence-electron chi connectivity index (χ0n) is 8.70. The third-order valence-electron chi connectivity index (χ3n) is 1.93. The van der Waals surface area contributed by atoms with Crippen LogP contribution in [0.15, 0.2) is 20.0 Å². The van der Waals surface area contributed by atoms with Crippen molar-refractivity contribution in [3.05, 3.63) is 24.9 Å². The predicted octanol–water partition coefficient (Wildman–Crippen LogP) is 3.91. The molecule has 0 amide bonds. The molecule has 2 aromatic heterocycles. The Morgan fingerprint density at radius 1 is 1.50 bits per heavy atom. The van der Waals surface area contributed by atoms with Crippen LogP contribution in [-0.2, 0) is 10.0 Å². The van der Waals surface area contributed by atoms with Crippen LogP contribution in [0.5, 0.6) is 0 Å². The summed E-state index contributed by atoms with van der Waals surface area (Å²) in [5.74, 6) is -0.00844. The van der Waals surface area contributed by atoms with Crippen molar-refractivity contribution in [1.82, 2.24) is 5.16 Å². The monoisotopic (exact) mass is 390 g/mol. The quantitative estimate of drug-likeness (QED) is 0.860. The summed E-state index contributed by atoms with van der Waals surface area (Å²) in [4.78, 5) is -0.0971. The molecule has 2 rings (SSSR count). The normalized spacial score (nSPS) is 11.8. The maximum atomic E-state index is 12.0. The zero-order valence-corrected chi connectivity index (χ0v) is 13.4. The first kappa shape index (κ1) is 14.1. The van der Waals surface area contributed by atoms with Crippen LogP contribution in [0.4, 0.5) is 5.88 Å². The largest absolute Gasteiger partial charge is 0.336 e. The minimum Gasteiger partial charge on any atom is -0.336 e. The van der Waals surface area contributed by atoms with Crippen molar-refractivity contribution in [3.63, 3.8) is 0 Å². The number of rotatable bonds is 3. The minimum atomic E-state index is -3.85. The first-order valence-corrected chi connectivity index (χ1v) is 8.25. The Kier molecular flexibility index (Phi) is 3.93. The summed E-state index contributed by atoms with van der Waals surface area (Å²) >= 11 is 15.6. The van der Waals surface area contributed by atoms with Crippen LogP contribution >= 0.6 is 50.5 Å². The number of sulfonamides is 1. The van der Waals surface area contributed by atoms with Crippen LogP contribution in [0, 0.1) is 6.92 Å². The lowest BCUT2D eigenvalue weighted by atomic mass is 10.5. The molecule has 5 nitrogen and oxygen atoms in total. The third kappa shape index (κ3) is 2.67. The van der Waals surface area contributed by atoms with Crippen LogP contribution < -0.4 is 4.72 Å². The number of thiophene rings is 1. The van der Waals surface area contributed by atoms with Gasteiger partial charge in [-0.2, -0.15) is 0 Å². The molecule has 1 N–H and O–H groups in total. The van der Waals surface area contributed by atoms with Gasteiger partial charge in [0.2, 0.25) is 0 Å². The highest BCUT2D eigenvalue weighted by molar-refractivity contribution is 9.10. The molecule has 0 aliphatic heterocycles. The van der Waals surface area contributed by atoms with Crippen LogP contribution in [-0.4, -0.2) is 13.6 Å². The number of halogens is 3. The molecule has 0 radical (unpaired) electrons. The molecule has 0 aliphatic rings. The van der Waals surface area contributed by atoms with Crippen molar-refractivity contribution in [2.75, 3.05) is 4.72 Å². The van der Waals surface area contributed by atoms with E-state index in [0.717, 1.165) is 11.3 Å². The van der Waals surface area contributed by atoms with E-state index in [1.165, 1.54) is 6.07 Å². The molecule has 2 aromatic rings. The molecule has 0 unspecified atom stereocenters. The lowest BCUT2D eigenvalue weighted by Gasteiger charge is -2.03. The average Bonchev–Trinajstić information content (AvgIpc) is 2.75. The van der Waals surface area contributed by atoms with Crippen molar-refractivity contribution in [1.29, 1.82) is 0 Å². The Labute approximate surface area is 125 Å². The van der Waals surface area contributed by atoms with Crippen molar-refractivity contribution in [2.45, 2.75) is 11.8 Å². The Bertz CT molecular complexity index is 695. The number of aryl methyl sites for hydroxylation is 1. The van der Waals surface area contributed by atoms with E-state index in [1.54, 1.807) is 6.92 Å². The zero-order chi connectivity index (χ0) is 13.5. The lowest BCUT2D eigenvalue weighted by molar-refractivity contribution is 0.430. The number of nitrogens with one attached hydrogen (secondary N) is 1. The van der Waals surface area contributed by atoms with Crippen molar-refractivity contribution in [2.24, 2.45) is 0 Å². The fraction of sp³-hybridized carbons (Fsp3) is 0.125. The maximum Gasteiger partial charge on any atom is 0.266 e. The van der Waals surface area contributed by atoms with Gasteiger partial charge in [0.1, 0.15) is 13.7 Å². The van der Waals surface area contributed by atoms with Crippen LogP contribution in [0.25, 0.3) is 0 Å². The van der Waals surface area contributed by atoms with Crippen molar-refractivity contribution >= 4 is 66.4 Å². The van der Waals surface area contributed by atoms with Crippen LogP contribution in [0.1, 0.15) is 5.69 Å². The van der Waals surface area contributed by atoms with Crippen LogP contribution in [0.2, 0.25) is 8.67 Å². The van der Waals surface area contributed by atoms with Gasteiger partial charge in [0.05, 0.1) is 10.0 Å². The molecular weight excluding hydrogens is 387 g/mol. The Morgan fingerprint density at radius 2 is 2.17 bits per heavy atom. The smallest absolute Gasteiger partial charge is 0.266 e. The fourth-order valence-electron chi connectivity index (χ4n) is 1.11. The predicted molar refractivity (Wildman–Crippen MR) is 74.1 cm³/mol. The number of anilines is 1. The fourth-order valence-corrected chi connectivity index (χ4v) is 4.63. The summed E-state index contributed by atoms with van der Waals surface area (Å²) in [6.45, 7) is 1.67. The second-order valence-electron chi connectivity index (χ2n) is 3.21. The van der Waals surface area contributed by atoms with E-state index >= 15 is 0 Å². The van der Waals surface area contributed by atoms with E-state index in [1.807, 2.05) is 0 Å². The van der Waals surface area contributed by atoms with E-state index in [4.69, 9.17) is 27.7 Å². The molecule has 18 heavy (non-hydrogen) atoms. The summed E-state index contributed by atoms with van der Waals surface area (Å²) in [7, 11) is -3.85. The van der Waals surface area contributed by atoms with Crippen LogP contribution in [0.3, 0.4) is 0 Å². The first-order valence-electron chi connectivity index (χ1n) is 4.40. The van der Waals surface area contributed by atoms with Gasteiger partial charge in [-0.05, 0) is 28.9 Å². The molecule has 0 aliphatic carbocycles. The molecule has 2 heterocycles. The van der Waals surface area contributed by atoms with Gasteiger partial charge < -0.3 is 4.52 Å². The molecule has 0 fully saturated rings. The molecule has 0 spiro atoms. The Morgan fingerprint density at radius 3 is 2.61 bits per heavy atom. The molecule has 98 valence electrons. The number of hydrogen-bond acceptors (Lipinski definition) is 5. The Balaban J connectivity index is 2.39. The highest BCUT2D eigenvalue weighted by atomic mass is 79.9. The highest BCUT2D eigenvalue weighted by Gasteiger charge is 2.24. The van der Waals surface area contributed by atoms with Gasteiger partial charge in [-0.15, -0.1) is 11.3 Å². The molecule has 0 aromatic carbocycles. The average molecular weight is 392 g/mol. The SMILES string of the molecule is Cc1noc(NS(=O)(=O)c2cc(Cl)sc2Cl)c1Br. The van der Waals surface area contributed by atoms with E-state index in [2.05, 4.69) is 25.8 Å². The Hall–Kier alpha value is -0.280. The van der Waals surface area contributed by atoms with Gasteiger partial charge in [-0.1, -0.05) is 28.4 Å². The molecule has 0 bridgehead atoms. The topological polar surface area (TPSA) is 72.2 Å². The van der Waals surface area contributed by atoms with Gasteiger partial charge >= 0.3 is 0 Å². The molecule has 10 heteroatoms. The molecule has 0 saturated heterocycles. The second kappa shape index (κ2) is 5.01. The van der Waals surface area contributed by atoms with Gasteiger partial charge in [0, 0.05) is 0 Å². The molecule has 0 atom stereocenters. The van der Waals surface area contributed by atoms with Crippen molar-refractivity contribution < 1.29 is 12.9 Å². The molecular formula is C8H5BrCl2N2O3S2. The van der Waals surface area contributed by atoms with E-state index in [9.17, 15) is 8.42 Å². The second-order valence-corrected chi connectivity index (χ2v) is 7.93. The summed E-state index contributed by atoms with van der Waals surface area (Å²) in [6.07, 6.45) is 0. The third-order valence-corrected chi connectivity index (χ3v) is 5.95. The summed E-state index contributed by atoms with van der Waals surface area (Å²) < 4.78 is 32.0. The first-order chi connectivity index (χ1) is 8.31. The van der Waals surface area contributed by atoms with Gasteiger partial charge in [0.25, 0.3) is 15.9 Å². The number of nitrogens with zero attached hydrogens (tertiary/aromatic N) is 1. The summed E-state index contributed by atoms with van der Waals surface area (Å²) in [6, 6.07) is 1.27. The van der Waals surface area contributed by atoms with Gasteiger partial charge in [0.15, 0.2) is 0 Å². The summed E-state index contributed by atoms with van der Waals surface area (Å²) in [5, 5.41) is 3.62. The van der Waals surface area contributed by atoms with E-state index < -0.39 is 10.0 Å². The van der Waals surface area contributed by atoms with Gasteiger partial charge in [-0.25, -0.2) is 13.1 Å². The molecule has 0 saturated carbocycles. The van der Waals surface area contributed by atoms with Crippen molar-refractivity contribution in [3.8, 4) is 0 Å². The number of aromatic nitrogens is 1. The lowest BCUT2D eigenvalue weighted by Crippen LogP contribution is -2.12. The van der Waals surface area contributed by atoms with Gasteiger partial charge in [-0.3, -0.25) is 0 Å². The van der Waals surface area contributed by atoms with E-state index in [0.29, 0.717) is 10.2 Å². The standard InChI is InChI=1S/C8H5BrCl2N2O3S2/c1-3-6(9)8(16-12-3)13-18(14,15)4-2-5(10)17-7(4)11/h2,13H,1H3.